The van der Waals surface area contributed by atoms with E-state index in [1.54, 1.807) is 13.3 Å². The van der Waals surface area contributed by atoms with Crippen LogP contribution in [0.25, 0.3) is 0 Å². The topological polar surface area (TPSA) is 56.1 Å². The summed E-state index contributed by atoms with van der Waals surface area (Å²) in [7, 11) is 1.65. The van der Waals surface area contributed by atoms with Crippen LogP contribution >= 0.6 is 0 Å². The fourth-order valence-electron chi connectivity index (χ4n) is 2.97. The number of amides is 1. The van der Waals surface area contributed by atoms with E-state index >= 15 is 0 Å². The lowest BCUT2D eigenvalue weighted by atomic mass is 10.1. The first-order valence-electron chi connectivity index (χ1n) is 8.69. The number of carbonyl (C=O) groups excluding carboxylic acids is 1. The minimum Gasteiger partial charge on any atom is -0.380 e. The Kier molecular flexibility index (Phi) is 5.81. The van der Waals surface area contributed by atoms with Gasteiger partial charge in [0.15, 0.2) is 0 Å². The summed E-state index contributed by atoms with van der Waals surface area (Å²) < 4.78 is 7.04. The van der Waals surface area contributed by atoms with Crippen molar-refractivity contribution in [2.75, 3.05) is 12.4 Å². The molecule has 134 valence electrons. The number of methoxy groups -OCH3 is 1. The van der Waals surface area contributed by atoms with Crippen LogP contribution in [0.15, 0.2) is 60.8 Å². The molecule has 1 heterocycles. The summed E-state index contributed by atoms with van der Waals surface area (Å²) in [5, 5.41) is 7.39. The lowest BCUT2D eigenvalue weighted by molar-refractivity contribution is 0.102. The van der Waals surface area contributed by atoms with Gasteiger partial charge in [0.25, 0.3) is 5.91 Å². The van der Waals surface area contributed by atoms with E-state index in [0.29, 0.717) is 18.7 Å². The average molecular weight is 349 g/mol. The first kappa shape index (κ1) is 17.9. The molecule has 0 aliphatic carbocycles. The van der Waals surface area contributed by atoms with Gasteiger partial charge in [0.2, 0.25) is 0 Å². The standard InChI is InChI=1S/C21H23N3O2/c1-3-20-19(13-22-24(20)14-16-8-5-4-6-9-16)21(25)23-18-11-7-10-17(12-18)15-26-2/h4-13H,3,14-15H2,1-2H3,(H,23,25). The van der Waals surface area contributed by atoms with Gasteiger partial charge in [-0.25, -0.2) is 0 Å². The minimum absolute atomic E-state index is 0.143. The quantitative estimate of drug-likeness (QED) is 0.704. The highest BCUT2D eigenvalue weighted by molar-refractivity contribution is 6.05. The first-order chi connectivity index (χ1) is 12.7. The van der Waals surface area contributed by atoms with E-state index in [1.807, 2.05) is 54.1 Å². The molecule has 3 rings (SSSR count). The minimum atomic E-state index is -0.143. The van der Waals surface area contributed by atoms with Crippen molar-refractivity contribution in [1.29, 1.82) is 0 Å². The Bertz CT molecular complexity index is 872. The smallest absolute Gasteiger partial charge is 0.259 e. The molecule has 1 amide bonds. The molecule has 2 aromatic carbocycles. The molecular weight excluding hydrogens is 326 g/mol. The van der Waals surface area contributed by atoms with Crippen molar-refractivity contribution >= 4 is 11.6 Å². The fraction of sp³-hybridized carbons (Fsp3) is 0.238. The molecule has 0 radical (unpaired) electrons. The normalized spacial score (nSPS) is 10.7. The van der Waals surface area contributed by atoms with E-state index in [9.17, 15) is 4.79 Å². The van der Waals surface area contributed by atoms with Crippen LogP contribution in [0, 0.1) is 0 Å². The van der Waals surface area contributed by atoms with Crippen molar-refractivity contribution in [3.05, 3.63) is 83.2 Å². The summed E-state index contributed by atoms with van der Waals surface area (Å²) in [6, 6.07) is 17.8. The summed E-state index contributed by atoms with van der Waals surface area (Å²) >= 11 is 0. The van der Waals surface area contributed by atoms with Crippen molar-refractivity contribution in [3.8, 4) is 0 Å². The SMILES string of the molecule is CCc1c(C(=O)Nc2cccc(COC)c2)cnn1Cc1ccccc1. The zero-order valence-electron chi connectivity index (χ0n) is 15.1. The molecule has 0 aliphatic heterocycles. The third-order valence-electron chi connectivity index (χ3n) is 4.20. The lowest BCUT2D eigenvalue weighted by Crippen LogP contribution is -2.15. The van der Waals surface area contributed by atoms with E-state index in [4.69, 9.17) is 4.74 Å². The number of rotatable bonds is 7. The molecule has 0 bridgehead atoms. The summed E-state index contributed by atoms with van der Waals surface area (Å²) in [4.78, 5) is 12.7. The van der Waals surface area contributed by atoms with Crippen molar-refractivity contribution in [2.24, 2.45) is 0 Å². The van der Waals surface area contributed by atoms with Gasteiger partial charge in [-0.3, -0.25) is 9.48 Å². The summed E-state index contributed by atoms with van der Waals surface area (Å²) in [6.07, 6.45) is 2.38. The molecule has 1 aromatic heterocycles. The summed E-state index contributed by atoms with van der Waals surface area (Å²) in [5.41, 5.74) is 4.47. The number of benzene rings is 2. The number of aromatic nitrogens is 2. The summed E-state index contributed by atoms with van der Waals surface area (Å²) in [6.45, 7) is 3.20. The molecule has 0 fully saturated rings. The van der Waals surface area contributed by atoms with Crippen LogP contribution in [-0.4, -0.2) is 22.8 Å². The third kappa shape index (κ3) is 4.18. The van der Waals surface area contributed by atoms with E-state index in [2.05, 4.69) is 22.5 Å². The first-order valence-corrected chi connectivity index (χ1v) is 8.69. The van der Waals surface area contributed by atoms with Gasteiger partial charge in [0.1, 0.15) is 0 Å². The number of carbonyl (C=O) groups is 1. The van der Waals surface area contributed by atoms with E-state index in [-0.39, 0.29) is 5.91 Å². The second-order valence-corrected chi connectivity index (χ2v) is 6.09. The molecular formula is C21H23N3O2. The van der Waals surface area contributed by atoms with Crippen molar-refractivity contribution in [1.82, 2.24) is 9.78 Å². The molecule has 0 atom stereocenters. The molecule has 5 nitrogen and oxygen atoms in total. The van der Waals surface area contributed by atoms with Crippen LogP contribution in [0.1, 0.15) is 34.1 Å². The molecule has 3 aromatic rings. The maximum Gasteiger partial charge on any atom is 0.259 e. The Hall–Kier alpha value is -2.92. The van der Waals surface area contributed by atoms with Gasteiger partial charge < -0.3 is 10.1 Å². The molecule has 0 saturated carbocycles. The maximum absolute atomic E-state index is 12.7. The Morgan fingerprint density at radius 2 is 1.88 bits per heavy atom. The summed E-state index contributed by atoms with van der Waals surface area (Å²) in [5.74, 6) is -0.143. The number of hydrogen-bond donors (Lipinski definition) is 1. The van der Waals surface area contributed by atoms with Gasteiger partial charge in [-0.1, -0.05) is 49.4 Å². The van der Waals surface area contributed by atoms with Gasteiger partial charge in [0.05, 0.1) is 30.6 Å². The van der Waals surface area contributed by atoms with Crippen molar-refractivity contribution in [3.63, 3.8) is 0 Å². The van der Waals surface area contributed by atoms with Gasteiger partial charge in [0, 0.05) is 12.8 Å². The number of anilines is 1. The van der Waals surface area contributed by atoms with Gasteiger partial charge in [-0.2, -0.15) is 5.10 Å². The molecule has 26 heavy (non-hydrogen) atoms. The largest absolute Gasteiger partial charge is 0.380 e. The molecule has 0 spiro atoms. The van der Waals surface area contributed by atoms with Crippen molar-refractivity contribution in [2.45, 2.75) is 26.5 Å². The van der Waals surface area contributed by atoms with Gasteiger partial charge >= 0.3 is 0 Å². The van der Waals surface area contributed by atoms with Crippen LogP contribution < -0.4 is 5.32 Å². The van der Waals surface area contributed by atoms with Crippen LogP contribution in [-0.2, 0) is 24.3 Å². The average Bonchev–Trinajstić information content (AvgIpc) is 3.06. The molecule has 0 saturated heterocycles. The highest BCUT2D eigenvalue weighted by Gasteiger charge is 2.16. The second kappa shape index (κ2) is 8.45. The van der Waals surface area contributed by atoms with E-state index in [1.165, 1.54) is 0 Å². The Balaban J connectivity index is 1.78. The number of nitrogens with zero attached hydrogens (tertiary/aromatic N) is 2. The van der Waals surface area contributed by atoms with Crippen LogP contribution in [0.5, 0.6) is 0 Å². The molecule has 5 heteroatoms. The Labute approximate surface area is 153 Å². The second-order valence-electron chi connectivity index (χ2n) is 6.09. The molecule has 0 unspecified atom stereocenters. The number of hydrogen-bond acceptors (Lipinski definition) is 3. The third-order valence-corrected chi connectivity index (χ3v) is 4.20. The predicted octanol–water partition coefficient (Wildman–Crippen LogP) is 3.89. The van der Waals surface area contributed by atoms with Crippen LogP contribution in [0.2, 0.25) is 0 Å². The highest BCUT2D eigenvalue weighted by Crippen LogP contribution is 2.16. The van der Waals surface area contributed by atoms with Gasteiger partial charge in [-0.15, -0.1) is 0 Å². The number of nitrogens with one attached hydrogen (secondary N) is 1. The fourth-order valence-corrected chi connectivity index (χ4v) is 2.97. The van der Waals surface area contributed by atoms with Crippen molar-refractivity contribution < 1.29 is 9.53 Å². The monoisotopic (exact) mass is 349 g/mol. The Morgan fingerprint density at radius 3 is 2.62 bits per heavy atom. The van der Waals surface area contributed by atoms with E-state index in [0.717, 1.165) is 28.9 Å². The van der Waals surface area contributed by atoms with E-state index < -0.39 is 0 Å². The zero-order valence-corrected chi connectivity index (χ0v) is 15.1. The highest BCUT2D eigenvalue weighted by atomic mass is 16.5. The lowest BCUT2D eigenvalue weighted by Gasteiger charge is -2.09. The van der Waals surface area contributed by atoms with Gasteiger partial charge in [-0.05, 0) is 29.7 Å². The Morgan fingerprint density at radius 1 is 1.12 bits per heavy atom. The molecule has 0 aliphatic rings. The predicted molar refractivity (Wildman–Crippen MR) is 102 cm³/mol. The van der Waals surface area contributed by atoms with Crippen LogP contribution in [0.4, 0.5) is 5.69 Å². The zero-order chi connectivity index (χ0) is 18.4. The maximum atomic E-state index is 12.7. The number of ether oxygens (including phenoxy) is 1. The van der Waals surface area contributed by atoms with Crippen LogP contribution in [0.3, 0.4) is 0 Å². The molecule has 1 N–H and O–H groups in total.